The highest BCUT2D eigenvalue weighted by molar-refractivity contribution is 5.85. The smallest absolute Gasteiger partial charge is 0.245 e. The first-order valence-corrected chi connectivity index (χ1v) is 11.1. The van der Waals surface area contributed by atoms with Gasteiger partial charge in [0.1, 0.15) is 17.5 Å². The number of halogens is 2. The standard InChI is InChI=1S/C24H25N9O.2ClH/c1-14-11-33-23(27-14)18(9-25)7-20(30-33)17-5-6-19(22(34)8-17)21-10-26-24(29-28-21)32-12-15(2)31(4)16(3)13-32;;/h5-8,10-11,15-16,34H,12-13H2,1-4H3;2*1H/t15-,16+;;. The van der Waals surface area contributed by atoms with Crippen molar-refractivity contribution in [3.8, 4) is 34.3 Å². The summed E-state index contributed by atoms with van der Waals surface area (Å²) in [6, 6.07) is 9.81. The molecule has 1 saturated heterocycles. The molecule has 5 rings (SSSR count). The van der Waals surface area contributed by atoms with Gasteiger partial charge in [0.05, 0.1) is 29.3 Å². The van der Waals surface area contributed by atoms with E-state index in [0.717, 1.165) is 18.8 Å². The summed E-state index contributed by atoms with van der Waals surface area (Å²) in [5.41, 5.74) is 3.93. The second kappa shape index (κ2) is 10.6. The lowest BCUT2D eigenvalue weighted by molar-refractivity contribution is 0.169. The Bertz CT molecular complexity index is 1410. The second-order valence-electron chi connectivity index (χ2n) is 8.85. The van der Waals surface area contributed by atoms with E-state index in [1.54, 1.807) is 35.1 Å². The average Bonchev–Trinajstić information content (AvgIpc) is 3.21. The quantitative estimate of drug-likeness (QED) is 0.426. The molecule has 1 aliphatic rings. The molecule has 1 aromatic carbocycles. The minimum Gasteiger partial charge on any atom is -0.507 e. The van der Waals surface area contributed by atoms with Gasteiger partial charge in [0.2, 0.25) is 5.95 Å². The lowest BCUT2D eigenvalue weighted by Gasteiger charge is -2.42. The topological polar surface area (TPSA) is 119 Å². The molecule has 4 heterocycles. The van der Waals surface area contributed by atoms with Crippen LogP contribution in [0.1, 0.15) is 25.1 Å². The number of nitriles is 1. The number of aromatic hydroxyl groups is 1. The van der Waals surface area contributed by atoms with E-state index in [1.165, 1.54) is 0 Å². The zero-order chi connectivity index (χ0) is 24.0. The van der Waals surface area contributed by atoms with Crippen molar-refractivity contribution in [3.05, 3.63) is 47.9 Å². The molecule has 1 N–H and O–H groups in total. The molecule has 0 amide bonds. The number of anilines is 1. The summed E-state index contributed by atoms with van der Waals surface area (Å²) >= 11 is 0. The van der Waals surface area contributed by atoms with Crippen LogP contribution in [0.5, 0.6) is 5.75 Å². The number of rotatable bonds is 3. The Kier molecular flexibility index (Phi) is 7.99. The van der Waals surface area contributed by atoms with Gasteiger partial charge in [-0.3, -0.25) is 4.90 Å². The molecular weight excluding hydrogens is 501 g/mol. The van der Waals surface area contributed by atoms with E-state index in [4.69, 9.17) is 0 Å². The molecule has 0 radical (unpaired) electrons. The van der Waals surface area contributed by atoms with Crippen molar-refractivity contribution in [2.45, 2.75) is 32.9 Å². The van der Waals surface area contributed by atoms with Crippen LogP contribution < -0.4 is 4.90 Å². The Morgan fingerprint density at radius 2 is 1.78 bits per heavy atom. The summed E-state index contributed by atoms with van der Waals surface area (Å²) in [5.74, 6) is 0.620. The molecule has 36 heavy (non-hydrogen) atoms. The molecule has 3 aromatic heterocycles. The van der Waals surface area contributed by atoms with Crippen molar-refractivity contribution in [2.24, 2.45) is 0 Å². The fourth-order valence-corrected chi connectivity index (χ4v) is 4.33. The zero-order valence-corrected chi connectivity index (χ0v) is 22.0. The van der Waals surface area contributed by atoms with E-state index in [1.807, 2.05) is 13.0 Å². The van der Waals surface area contributed by atoms with Gasteiger partial charge in [0.15, 0.2) is 5.65 Å². The third kappa shape index (κ3) is 4.91. The molecule has 4 aromatic rings. The van der Waals surface area contributed by atoms with Crippen LogP contribution in [0.15, 0.2) is 36.7 Å². The first kappa shape index (κ1) is 27.1. The Morgan fingerprint density at radius 3 is 2.39 bits per heavy atom. The van der Waals surface area contributed by atoms with Crippen LogP contribution >= 0.6 is 24.8 Å². The maximum absolute atomic E-state index is 10.7. The van der Waals surface area contributed by atoms with Crippen molar-refractivity contribution in [1.82, 2.24) is 34.7 Å². The van der Waals surface area contributed by atoms with Crippen LogP contribution in [0.4, 0.5) is 5.95 Å². The fraction of sp³-hybridized carbons (Fsp3) is 0.333. The summed E-state index contributed by atoms with van der Waals surface area (Å²) in [6.45, 7) is 7.89. The summed E-state index contributed by atoms with van der Waals surface area (Å²) in [6.07, 6.45) is 3.40. The summed E-state index contributed by atoms with van der Waals surface area (Å²) in [7, 11) is 2.13. The van der Waals surface area contributed by atoms with Gasteiger partial charge in [-0.15, -0.1) is 35.0 Å². The number of fused-ring (bicyclic) bond motifs is 1. The van der Waals surface area contributed by atoms with Crippen LogP contribution in [0.25, 0.3) is 28.2 Å². The number of nitrogens with zero attached hydrogens (tertiary/aromatic N) is 9. The number of phenols is 1. The van der Waals surface area contributed by atoms with Crippen molar-refractivity contribution in [2.75, 3.05) is 25.0 Å². The van der Waals surface area contributed by atoms with Gasteiger partial charge in [0.25, 0.3) is 0 Å². The third-order valence-corrected chi connectivity index (χ3v) is 6.43. The van der Waals surface area contributed by atoms with Gasteiger partial charge in [-0.05, 0) is 46.0 Å². The van der Waals surface area contributed by atoms with E-state index < -0.39 is 0 Å². The first-order chi connectivity index (χ1) is 16.3. The zero-order valence-electron chi connectivity index (χ0n) is 20.3. The molecule has 0 unspecified atom stereocenters. The van der Waals surface area contributed by atoms with Crippen LogP contribution in [0, 0.1) is 18.3 Å². The number of benzene rings is 1. The lowest BCUT2D eigenvalue weighted by atomic mass is 10.0. The Labute approximate surface area is 221 Å². The van der Waals surface area contributed by atoms with Gasteiger partial charge in [0, 0.05) is 36.3 Å². The summed E-state index contributed by atoms with van der Waals surface area (Å²) in [5, 5.41) is 33.5. The molecule has 1 fully saturated rings. The minimum atomic E-state index is 0. The van der Waals surface area contributed by atoms with Crippen LogP contribution in [0.3, 0.4) is 0 Å². The number of aromatic nitrogens is 6. The normalized spacial score (nSPS) is 17.8. The summed E-state index contributed by atoms with van der Waals surface area (Å²) < 4.78 is 1.59. The number of phenolic OH excluding ortho intramolecular Hbond substituents is 1. The van der Waals surface area contributed by atoms with Crippen LogP contribution in [-0.4, -0.2) is 72.0 Å². The minimum absolute atomic E-state index is 0. The first-order valence-electron chi connectivity index (χ1n) is 11.1. The number of hydrogen-bond acceptors (Lipinski definition) is 9. The van der Waals surface area contributed by atoms with Crippen molar-refractivity contribution in [3.63, 3.8) is 0 Å². The maximum atomic E-state index is 10.7. The molecule has 10 nitrogen and oxygen atoms in total. The van der Waals surface area contributed by atoms with Gasteiger partial charge >= 0.3 is 0 Å². The third-order valence-electron chi connectivity index (χ3n) is 6.43. The predicted molar refractivity (Wildman–Crippen MR) is 142 cm³/mol. The lowest BCUT2D eigenvalue weighted by Crippen LogP contribution is -2.55. The number of aryl methyl sites for hydroxylation is 1. The average molecular weight is 528 g/mol. The van der Waals surface area contributed by atoms with Gasteiger partial charge < -0.3 is 10.0 Å². The molecular formula is C24H27Cl2N9O. The SMILES string of the molecule is Cc1cn2nc(-c3ccc(-c4cnc(N5C[C@@H](C)N(C)[C@@H](C)C5)nn4)c(O)c3)cc(C#N)c2n1.Cl.Cl. The van der Waals surface area contributed by atoms with Gasteiger partial charge in [-0.2, -0.15) is 10.4 Å². The Hall–Kier alpha value is -3.52. The molecule has 0 saturated carbocycles. The molecule has 0 aliphatic carbocycles. The van der Waals surface area contributed by atoms with Crippen LogP contribution in [0.2, 0.25) is 0 Å². The van der Waals surface area contributed by atoms with E-state index in [2.05, 4.69) is 62.0 Å². The number of imidazole rings is 1. The monoisotopic (exact) mass is 527 g/mol. The van der Waals surface area contributed by atoms with E-state index in [9.17, 15) is 10.4 Å². The van der Waals surface area contributed by atoms with E-state index >= 15 is 0 Å². The number of hydrogen-bond donors (Lipinski definition) is 1. The van der Waals surface area contributed by atoms with Gasteiger partial charge in [-0.1, -0.05) is 6.07 Å². The van der Waals surface area contributed by atoms with Crippen molar-refractivity contribution < 1.29 is 5.11 Å². The largest absolute Gasteiger partial charge is 0.507 e. The fourth-order valence-electron chi connectivity index (χ4n) is 4.33. The number of likely N-dealkylation sites (N-methyl/N-ethyl adjacent to an activating group) is 1. The molecule has 0 spiro atoms. The van der Waals surface area contributed by atoms with Crippen LogP contribution in [-0.2, 0) is 0 Å². The highest BCUT2D eigenvalue weighted by atomic mass is 35.5. The molecule has 188 valence electrons. The van der Waals surface area contributed by atoms with E-state index in [0.29, 0.717) is 51.8 Å². The van der Waals surface area contributed by atoms with Gasteiger partial charge in [-0.25, -0.2) is 14.5 Å². The Balaban J connectivity index is 0.00000180. The molecule has 1 aliphatic heterocycles. The highest BCUT2D eigenvalue weighted by Gasteiger charge is 2.28. The highest BCUT2D eigenvalue weighted by Crippen LogP contribution is 2.32. The van der Waals surface area contributed by atoms with Crippen molar-refractivity contribution >= 4 is 36.4 Å². The summed E-state index contributed by atoms with van der Waals surface area (Å²) in [4.78, 5) is 13.3. The maximum Gasteiger partial charge on any atom is 0.245 e. The molecule has 2 atom stereocenters. The molecule has 0 bridgehead atoms. The number of piperazine rings is 1. The predicted octanol–water partition coefficient (Wildman–Crippen LogP) is 3.51. The Morgan fingerprint density at radius 1 is 1.06 bits per heavy atom. The molecule has 12 heteroatoms. The second-order valence-corrected chi connectivity index (χ2v) is 8.85. The van der Waals surface area contributed by atoms with Crippen molar-refractivity contribution in [1.29, 1.82) is 5.26 Å². The van der Waals surface area contributed by atoms with E-state index in [-0.39, 0.29) is 30.6 Å².